The highest BCUT2D eigenvalue weighted by atomic mass is 16.7. The van der Waals surface area contributed by atoms with Crippen LogP contribution in [0.4, 0.5) is 5.82 Å². The average molecular weight is 391 g/mol. The van der Waals surface area contributed by atoms with Gasteiger partial charge in [-0.2, -0.15) is 9.97 Å². The van der Waals surface area contributed by atoms with E-state index in [2.05, 4.69) is 15.0 Å². The zero-order valence-electron chi connectivity index (χ0n) is 15.9. The standard InChI is InChI=1S/C18H25N5O5/c1-18(2,25)28-12-7-11(8-24)26-16(12)23-9-20-13-14(19)21-17(22-15(13)23)27-10-5-3-4-6-10/h8-12,16,25H,3-7H2,1-2H3,(H2,19,21,22)/t11-,12+,16?/m0/s1. The van der Waals surface area contributed by atoms with Crippen LogP contribution in [0.5, 0.6) is 6.01 Å². The summed E-state index contributed by atoms with van der Waals surface area (Å²) in [4.78, 5) is 24.3. The molecule has 1 saturated heterocycles. The molecule has 28 heavy (non-hydrogen) atoms. The van der Waals surface area contributed by atoms with E-state index in [1.54, 1.807) is 4.57 Å². The van der Waals surface area contributed by atoms with Crippen LogP contribution in [0.25, 0.3) is 11.2 Å². The smallest absolute Gasteiger partial charge is 0.320 e. The van der Waals surface area contributed by atoms with Gasteiger partial charge in [0.05, 0.1) is 6.33 Å². The molecule has 1 unspecified atom stereocenters. The van der Waals surface area contributed by atoms with E-state index < -0.39 is 24.2 Å². The normalized spacial score (nSPS) is 26.2. The molecule has 0 aromatic carbocycles. The van der Waals surface area contributed by atoms with E-state index in [1.165, 1.54) is 20.2 Å². The lowest BCUT2D eigenvalue weighted by atomic mass is 10.2. The van der Waals surface area contributed by atoms with Crippen molar-refractivity contribution < 1.29 is 24.1 Å². The van der Waals surface area contributed by atoms with Gasteiger partial charge in [0.2, 0.25) is 0 Å². The first-order valence-corrected chi connectivity index (χ1v) is 9.51. The minimum absolute atomic E-state index is 0.0849. The highest BCUT2D eigenvalue weighted by Gasteiger charge is 2.41. The SMILES string of the molecule is CC(C)(O)O[C@@H]1C[C@@H](C=O)OC1n1cnc2c(N)nc(OC3CCCC3)nc21. The Morgan fingerprint density at radius 3 is 2.79 bits per heavy atom. The van der Waals surface area contributed by atoms with Gasteiger partial charge in [0, 0.05) is 6.42 Å². The van der Waals surface area contributed by atoms with Crippen LogP contribution in [0.1, 0.15) is 52.2 Å². The van der Waals surface area contributed by atoms with Gasteiger partial charge in [0.25, 0.3) is 0 Å². The quantitative estimate of drug-likeness (QED) is 0.552. The van der Waals surface area contributed by atoms with Crippen molar-refractivity contribution in [2.24, 2.45) is 0 Å². The molecule has 3 heterocycles. The molecule has 0 bridgehead atoms. The minimum atomic E-state index is -1.38. The average Bonchev–Trinajstić information content (AvgIpc) is 3.33. The molecule has 0 amide bonds. The predicted octanol–water partition coefficient (Wildman–Crippen LogP) is 1.33. The van der Waals surface area contributed by atoms with Gasteiger partial charge < -0.3 is 29.8 Å². The molecule has 2 fully saturated rings. The summed E-state index contributed by atoms with van der Waals surface area (Å²) in [6.45, 7) is 3.05. The van der Waals surface area contributed by atoms with E-state index >= 15 is 0 Å². The number of aromatic nitrogens is 4. The number of ether oxygens (including phenoxy) is 3. The number of nitrogen functional groups attached to an aromatic ring is 1. The molecule has 1 saturated carbocycles. The fourth-order valence-electron chi connectivity index (χ4n) is 3.79. The number of carbonyl (C=O) groups is 1. The highest BCUT2D eigenvalue weighted by Crippen LogP contribution is 2.35. The predicted molar refractivity (Wildman–Crippen MR) is 98.4 cm³/mol. The molecule has 4 rings (SSSR count). The Balaban J connectivity index is 1.68. The third-order valence-electron chi connectivity index (χ3n) is 4.96. The molecule has 10 heteroatoms. The van der Waals surface area contributed by atoms with E-state index in [9.17, 15) is 9.90 Å². The number of rotatable bonds is 6. The first kappa shape index (κ1) is 19.0. The summed E-state index contributed by atoms with van der Waals surface area (Å²) in [5, 5.41) is 10.1. The summed E-state index contributed by atoms with van der Waals surface area (Å²) in [6, 6.07) is 0.198. The lowest BCUT2D eigenvalue weighted by molar-refractivity contribution is -0.222. The first-order valence-electron chi connectivity index (χ1n) is 9.51. The fourth-order valence-corrected chi connectivity index (χ4v) is 3.79. The Labute approximate surface area is 162 Å². The Morgan fingerprint density at radius 2 is 2.11 bits per heavy atom. The van der Waals surface area contributed by atoms with E-state index in [4.69, 9.17) is 19.9 Å². The van der Waals surface area contributed by atoms with Crippen LogP contribution in [-0.2, 0) is 14.3 Å². The molecule has 0 spiro atoms. The van der Waals surface area contributed by atoms with E-state index in [0.29, 0.717) is 17.6 Å². The summed E-state index contributed by atoms with van der Waals surface area (Å²) in [6.07, 6.45) is 4.91. The molecule has 2 aliphatic rings. The van der Waals surface area contributed by atoms with Gasteiger partial charge in [0.15, 0.2) is 29.0 Å². The maximum atomic E-state index is 11.3. The van der Waals surface area contributed by atoms with Gasteiger partial charge in [-0.05, 0) is 39.5 Å². The van der Waals surface area contributed by atoms with Crippen LogP contribution in [0.2, 0.25) is 0 Å². The van der Waals surface area contributed by atoms with Gasteiger partial charge in [0.1, 0.15) is 24.6 Å². The maximum absolute atomic E-state index is 11.3. The summed E-state index contributed by atoms with van der Waals surface area (Å²) in [7, 11) is 0. The number of hydrogen-bond donors (Lipinski definition) is 2. The van der Waals surface area contributed by atoms with Crippen LogP contribution in [0, 0.1) is 0 Å². The number of carbonyl (C=O) groups excluding carboxylic acids is 1. The third-order valence-corrected chi connectivity index (χ3v) is 4.96. The van der Waals surface area contributed by atoms with Crippen molar-refractivity contribution in [1.29, 1.82) is 0 Å². The van der Waals surface area contributed by atoms with Gasteiger partial charge in [-0.3, -0.25) is 4.57 Å². The Bertz CT molecular complexity index is 858. The van der Waals surface area contributed by atoms with E-state index in [0.717, 1.165) is 32.0 Å². The molecule has 1 aliphatic carbocycles. The second-order valence-electron chi connectivity index (χ2n) is 7.78. The maximum Gasteiger partial charge on any atom is 0.320 e. The number of aliphatic hydroxyl groups is 1. The van der Waals surface area contributed by atoms with E-state index in [-0.39, 0.29) is 17.9 Å². The van der Waals surface area contributed by atoms with Crippen molar-refractivity contribution in [2.75, 3.05) is 5.73 Å². The molecule has 3 N–H and O–H groups in total. The largest absolute Gasteiger partial charge is 0.460 e. The van der Waals surface area contributed by atoms with Gasteiger partial charge in [-0.25, -0.2) is 4.98 Å². The van der Waals surface area contributed by atoms with Crippen LogP contribution >= 0.6 is 0 Å². The molecule has 1 aliphatic heterocycles. The lowest BCUT2D eigenvalue weighted by Crippen LogP contribution is -2.33. The third kappa shape index (κ3) is 3.80. The van der Waals surface area contributed by atoms with Crippen molar-refractivity contribution >= 4 is 23.3 Å². The lowest BCUT2D eigenvalue weighted by Gasteiger charge is -2.27. The summed E-state index contributed by atoms with van der Waals surface area (Å²) in [5.41, 5.74) is 6.91. The zero-order valence-corrected chi connectivity index (χ0v) is 15.9. The van der Waals surface area contributed by atoms with Gasteiger partial charge in [-0.1, -0.05) is 0 Å². The number of nitrogens with two attached hydrogens (primary N) is 1. The Morgan fingerprint density at radius 1 is 1.36 bits per heavy atom. The van der Waals surface area contributed by atoms with E-state index in [1.807, 2.05) is 0 Å². The summed E-state index contributed by atoms with van der Waals surface area (Å²) < 4.78 is 19.0. The number of aldehydes is 1. The molecule has 3 atom stereocenters. The summed E-state index contributed by atoms with van der Waals surface area (Å²) >= 11 is 0. The van der Waals surface area contributed by atoms with Crippen LogP contribution in [-0.4, -0.2) is 55.0 Å². The topological polar surface area (TPSA) is 135 Å². The van der Waals surface area contributed by atoms with Crippen molar-refractivity contribution in [3.63, 3.8) is 0 Å². The number of fused-ring (bicyclic) bond motifs is 1. The van der Waals surface area contributed by atoms with Crippen molar-refractivity contribution in [2.45, 2.75) is 76.3 Å². The molecular formula is C18H25N5O5. The van der Waals surface area contributed by atoms with Gasteiger partial charge >= 0.3 is 6.01 Å². The fraction of sp³-hybridized carbons (Fsp3) is 0.667. The molecular weight excluding hydrogens is 366 g/mol. The van der Waals surface area contributed by atoms with Crippen molar-refractivity contribution in [3.8, 4) is 6.01 Å². The van der Waals surface area contributed by atoms with Crippen molar-refractivity contribution in [1.82, 2.24) is 19.5 Å². The van der Waals surface area contributed by atoms with Crippen LogP contribution < -0.4 is 10.5 Å². The molecule has 0 radical (unpaired) electrons. The van der Waals surface area contributed by atoms with Crippen LogP contribution in [0.15, 0.2) is 6.33 Å². The zero-order chi connectivity index (χ0) is 19.9. The minimum Gasteiger partial charge on any atom is -0.460 e. The number of hydrogen-bond acceptors (Lipinski definition) is 9. The van der Waals surface area contributed by atoms with Crippen LogP contribution in [0.3, 0.4) is 0 Å². The van der Waals surface area contributed by atoms with Gasteiger partial charge in [-0.15, -0.1) is 0 Å². The number of imidazole rings is 1. The summed E-state index contributed by atoms with van der Waals surface area (Å²) in [5.74, 6) is -1.17. The second-order valence-corrected chi connectivity index (χ2v) is 7.78. The first-order chi connectivity index (χ1) is 13.3. The Hall–Kier alpha value is -2.30. The molecule has 2 aromatic rings. The Kier molecular flexibility index (Phi) is 4.94. The van der Waals surface area contributed by atoms with Crippen molar-refractivity contribution in [3.05, 3.63) is 6.33 Å². The number of nitrogens with zero attached hydrogens (tertiary/aromatic N) is 4. The highest BCUT2D eigenvalue weighted by molar-refractivity contribution is 5.82. The number of anilines is 1. The monoisotopic (exact) mass is 391 g/mol. The molecule has 2 aromatic heterocycles. The molecule has 152 valence electrons. The second kappa shape index (κ2) is 7.26. The molecule has 10 nitrogen and oxygen atoms in total.